The van der Waals surface area contributed by atoms with E-state index in [1.54, 1.807) is 4.68 Å². The van der Waals surface area contributed by atoms with Crippen LogP contribution in [0.5, 0.6) is 5.75 Å². The standard InChI is InChI=1S/C18H20N4OS/c1-13-5-3-7-16(9-13)12-23-17-8-4-6-15(10-17)11-19-22-14(2)20-21-18(22)24/h3-10,19H,11-12H2,1-2H3,(H,21,24). The third kappa shape index (κ3) is 4.02. The second kappa shape index (κ2) is 7.31. The first-order valence-corrected chi connectivity index (χ1v) is 8.18. The topological polar surface area (TPSA) is 54.9 Å². The van der Waals surface area contributed by atoms with Gasteiger partial charge in [-0.3, -0.25) is 5.10 Å². The van der Waals surface area contributed by atoms with Crippen LogP contribution in [0.3, 0.4) is 0 Å². The van der Waals surface area contributed by atoms with Gasteiger partial charge in [0.05, 0.1) is 6.54 Å². The quantitative estimate of drug-likeness (QED) is 0.669. The van der Waals surface area contributed by atoms with Gasteiger partial charge in [-0.2, -0.15) is 5.10 Å². The summed E-state index contributed by atoms with van der Waals surface area (Å²) < 4.78 is 8.21. The van der Waals surface area contributed by atoms with Crippen molar-refractivity contribution < 1.29 is 4.74 Å². The Balaban J connectivity index is 1.62. The molecule has 0 atom stereocenters. The van der Waals surface area contributed by atoms with E-state index >= 15 is 0 Å². The van der Waals surface area contributed by atoms with Crippen LogP contribution in [0.4, 0.5) is 0 Å². The Morgan fingerprint density at radius 1 is 1.12 bits per heavy atom. The molecule has 1 aromatic heterocycles. The molecule has 0 bridgehead atoms. The summed E-state index contributed by atoms with van der Waals surface area (Å²) in [5, 5.41) is 6.83. The molecule has 0 amide bonds. The van der Waals surface area contributed by atoms with Gasteiger partial charge in [-0.25, -0.2) is 4.68 Å². The smallest absolute Gasteiger partial charge is 0.214 e. The fraction of sp³-hybridized carbons (Fsp3) is 0.222. The van der Waals surface area contributed by atoms with Gasteiger partial charge >= 0.3 is 0 Å². The van der Waals surface area contributed by atoms with Crippen LogP contribution in [-0.4, -0.2) is 14.9 Å². The van der Waals surface area contributed by atoms with Gasteiger partial charge in [-0.15, -0.1) is 0 Å². The van der Waals surface area contributed by atoms with E-state index in [0.29, 0.717) is 17.9 Å². The molecule has 6 heteroatoms. The zero-order valence-corrected chi connectivity index (χ0v) is 14.6. The van der Waals surface area contributed by atoms with Gasteiger partial charge in [0, 0.05) is 0 Å². The predicted octanol–water partition coefficient (Wildman–Crippen LogP) is 3.88. The number of ether oxygens (including phenoxy) is 1. The number of hydrogen-bond acceptors (Lipinski definition) is 4. The number of rotatable bonds is 6. The fourth-order valence-electron chi connectivity index (χ4n) is 2.45. The lowest BCUT2D eigenvalue weighted by molar-refractivity contribution is 0.306. The van der Waals surface area contributed by atoms with Gasteiger partial charge in [0.1, 0.15) is 18.2 Å². The average Bonchev–Trinajstić information content (AvgIpc) is 2.90. The Morgan fingerprint density at radius 3 is 2.67 bits per heavy atom. The molecule has 124 valence electrons. The second-order valence-electron chi connectivity index (χ2n) is 5.67. The van der Waals surface area contributed by atoms with E-state index in [-0.39, 0.29) is 0 Å². The number of H-pyrrole nitrogens is 1. The summed E-state index contributed by atoms with van der Waals surface area (Å²) in [6.45, 7) is 5.17. The number of aryl methyl sites for hydroxylation is 2. The lowest BCUT2D eigenvalue weighted by atomic mass is 10.1. The molecule has 0 aliphatic rings. The summed E-state index contributed by atoms with van der Waals surface area (Å²) in [6.07, 6.45) is 0. The molecule has 2 N–H and O–H groups in total. The molecule has 3 aromatic rings. The highest BCUT2D eigenvalue weighted by Gasteiger charge is 2.02. The monoisotopic (exact) mass is 340 g/mol. The van der Waals surface area contributed by atoms with Crippen molar-refractivity contribution in [2.45, 2.75) is 27.0 Å². The molecule has 0 saturated carbocycles. The van der Waals surface area contributed by atoms with Gasteiger partial charge in [0.2, 0.25) is 4.77 Å². The van der Waals surface area contributed by atoms with Gasteiger partial charge in [0.25, 0.3) is 0 Å². The lowest BCUT2D eigenvalue weighted by Crippen LogP contribution is -2.16. The maximum atomic E-state index is 5.90. The average molecular weight is 340 g/mol. The normalized spacial score (nSPS) is 10.6. The minimum Gasteiger partial charge on any atom is -0.489 e. The van der Waals surface area contributed by atoms with Crippen LogP contribution in [0.2, 0.25) is 0 Å². The Morgan fingerprint density at radius 2 is 1.92 bits per heavy atom. The molecule has 0 fully saturated rings. The number of nitrogens with one attached hydrogen (secondary N) is 2. The van der Waals surface area contributed by atoms with Crippen LogP contribution in [0.1, 0.15) is 22.5 Å². The number of nitrogens with zero attached hydrogens (tertiary/aromatic N) is 2. The Kier molecular flexibility index (Phi) is 4.96. The first kappa shape index (κ1) is 16.3. The SMILES string of the molecule is Cc1cccc(COc2cccc(CNn3c(C)n[nH]c3=S)c2)c1. The van der Waals surface area contributed by atoms with Crippen molar-refractivity contribution in [1.29, 1.82) is 0 Å². The van der Waals surface area contributed by atoms with Gasteiger partial charge in [0.15, 0.2) is 0 Å². The summed E-state index contributed by atoms with van der Waals surface area (Å²) in [5.74, 6) is 1.65. The van der Waals surface area contributed by atoms with Crippen molar-refractivity contribution in [3.05, 3.63) is 75.8 Å². The molecular formula is C18H20N4OS. The van der Waals surface area contributed by atoms with E-state index in [0.717, 1.165) is 17.1 Å². The van der Waals surface area contributed by atoms with Crippen LogP contribution >= 0.6 is 12.2 Å². The molecule has 5 nitrogen and oxygen atoms in total. The first-order chi connectivity index (χ1) is 11.6. The number of aromatic nitrogens is 3. The van der Waals surface area contributed by atoms with Crippen LogP contribution in [0.15, 0.2) is 48.5 Å². The Bertz CT molecular complexity index is 884. The summed E-state index contributed by atoms with van der Waals surface area (Å²) in [4.78, 5) is 0. The minimum atomic E-state index is 0.555. The van der Waals surface area contributed by atoms with Crippen LogP contribution < -0.4 is 10.2 Å². The first-order valence-electron chi connectivity index (χ1n) is 7.77. The van der Waals surface area contributed by atoms with Crippen molar-refractivity contribution in [2.24, 2.45) is 0 Å². The maximum absolute atomic E-state index is 5.90. The molecule has 24 heavy (non-hydrogen) atoms. The summed E-state index contributed by atoms with van der Waals surface area (Å²) in [7, 11) is 0. The van der Waals surface area contributed by atoms with E-state index in [4.69, 9.17) is 17.0 Å². The maximum Gasteiger partial charge on any atom is 0.214 e. The van der Waals surface area contributed by atoms with Crippen molar-refractivity contribution in [2.75, 3.05) is 5.43 Å². The summed E-state index contributed by atoms with van der Waals surface area (Å²) >= 11 is 5.18. The minimum absolute atomic E-state index is 0.555. The molecule has 2 aromatic carbocycles. The zero-order chi connectivity index (χ0) is 16.9. The number of hydrogen-bond donors (Lipinski definition) is 2. The third-order valence-electron chi connectivity index (χ3n) is 3.67. The Labute approximate surface area is 146 Å². The van der Waals surface area contributed by atoms with Crippen molar-refractivity contribution in [3.8, 4) is 5.75 Å². The highest BCUT2D eigenvalue weighted by atomic mass is 32.1. The molecule has 3 rings (SSSR count). The number of aromatic amines is 1. The van der Waals surface area contributed by atoms with Crippen molar-refractivity contribution in [3.63, 3.8) is 0 Å². The largest absolute Gasteiger partial charge is 0.489 e. The molecule has 0 saturated heterocycles. The molecule has 0 radical (unpaired) electrons. The predicted molar refractivity (Wildman–Crippen MR) is 97.2 cm³/mol. The van der Waals surface area contributed by atoms with Crippen LogP contribution in [-0.2, 0) is 13.2 Å². The number of benzene rings is 2. The van der Waals surface area contributed by atoms with Crippen LogP contribution in [0.25, 0.3) is 0 Å². The summed E-state index contributed by atoms with van der Waals surface area (Å²) in [6, 6.07) is 16.4. The molecule has 0 aliphatic carbocycles. The molecule has 0 spiro atoms. The fourth-order valence-corrected chi connectivity index (χ4v) is 2.69. The molecule has 1 heterocycles. The van der Waals surface area contributed by atoms with E-state index in [2.05, 4.69) is 40.7 Å². The van der Waals surface area contributed by atoms with E-state index in [9.17, 15) is 0 Å². The third-order valence-corrected chi connectivity index (χ3v) is 3.94. The van der Waals surface area contributed by atoms with Crippen molar-refractivity contribution >= 4 is 12.2 Å². The van der Waals surface area contributed by atoms with Gasteiger partial charge in [-0.05, 0) is 49.3 Å². The summed E-state index contributed by atoms with van der Waals surface area (Å²) in [5.41, 5.74) is 6.76. The highest BCUT2D eigenvalue weighted by molar-refractivity contribution is 7.71. The zero-order valence-electron chi connectivity index (χ0n) is 13.7. The van der Waals surface area contributed by atoms with Gasteiger partial charge < -0.3 is 10.2 Å². The van der Waals surface area contributed by atoms with Gasteiger partial charge in [-0.1, -0.05) is 42.0 Å². The van der Waals surface area contributed by atoms with E-state index in [1.165, 1.54) is 11.1 Å². The molecule has 0 aliphatic heterocycles. The van der Waals surface area contributed by atoms with E-state index in [1.807, 2.05) is 37.3 Å². The molecule has 0 unspecified atom stereocenters. The second-order valence-corrected chi connectivity index (χ2v) is 6.06. The van der Waals surface area contributed by atoms with Crippen LogP contribution in [0, 0.1) is 18.6 Å². The van der Waals surface area contributed by atoms with E-state index < -0.39 is 0 Å². The molecular weight excluding hydrogens is 320 g/mol. The van der Waals surface area contributed by atoms with Crippen molar-refractivity contribution in [1.82, 2.24) is 14.9 Å². The Hall–Kier alpha value is -2.60. The lowest BCUT2D eigenvalue weighted by Gasteiger charge is -2.11. The highest BCUT2D eigenvalue weighted by Crippen LogP contribution is 2.16.